The number of carboxylic acids is 3. The van der Waals surface area contributed by atoms with Crippen molar-refractivity contribution in [1.29, 1.82) is 0 Å². The van der Waals surface area contributed by atoms with Crippen molar-refractivity contribution in [1.82, 2.24) is 45.4 Å². The first-order valence-corrected chi connectivity index (χ1v) is 27.6. The fraction of sp³-hybridized carbons (Fsp3) is 0.537. The molecule has 2 aliphatic rings. The van der Waals surface area contributed by atoms with Crippen LogP contribution in [0.1, 0.15) is 69.0 Å². The topological polar surface area (TPSA) is 396 Å². The Kier molecular flexibility index (Phi) is 25.9. The van der Waals surface area contributed by atoms with E-state index in [0.717, 1.165) is 34.9 Å². The molecule has 7 amide bonds. The number of urea groups is 1. The van der Waals surface area contributed by atoms with Crippen molar-refractivity contribution in [2.45, 2.75) is 88.9 Å². The van der Waals surface area contributed by atoms with Crippen molar-refractivity contribution in [2.75, 3.05) is 90.4 Å². The average Bonchev–Trinajstić information content (AvgIpc) is 3.42. The van der Waals surface area contributed by atoms with Crippen LogP contribution in [-0.2, 0) is 51.3 Å². The zero-order chi connectivity index (χ0) is 59.0. The maximum Gasteiger partial charge on any atom is 0.326 e. The SMILES string of the molecule is NC(=O)CN1CCN(CC(N)=O)CCN(CC(N)=O)C(Cc2ccc(NC(=S)NCC3CCC(C(=O)N(CCCC[C@H](NC(=O)N[C@@H](CCC(=O)O)C(=O)O)C(=O)O)Cc4nccc5ccccc45)CC3)cc2)CN(CC(N)=O)CC1. The molecule has 3 atom stereocenters. The Bertz CT molecular complexity index is 2660. The number of carboxylic acid groups (broad SMARTS) is 3. The maximum absolute atomic E-state index is 14.4. The number of anilines is 1. The van der Waals surface area contributed by atoms with E-state index in [1.165, 1.54) is 0 Å². The van der Waals surface area contributed by atoms with E-state index in [1.807, 2.05) is 74.2 Å². The molecule has 15 N–H and O–H groups in total. The number of benzene rings is 2. The van der Waals surface area contributed by atoms with Crippen molar-refractivity contribution >= 4 is 87.3 Å². The minimum absolute atomic E-state index is 0.0203. The van der Waals surface area contributed by atoms with Gasteiger partial charge in [-0.25, -0.2) is 14.4 Å². The Morgan fingerprint density at radius 3 is 1.84 bits per heavy atom. The molecule has 26 nitrogen and oxygen atoms in total. The average molecular weight is 1150 g/mol. The lowest BCUT2D eigenvalue weighted by molar-refractivity contribution is -0.141. The monoisotopic (exact) mass is 1150 g/mol. The van der Waals surface area contributed by atoms with Gasteiger partial charge in [0.05, 0.1) is 38.4 Å². The number of pyridine rings is 1. The fourth-order valence-electron chi connectivity index (χ4n) is 10.3. The minimum atomic E-state index is -1.53. The summed E-state index contributed by atoms with van der Waals surface area (Å²) in [6.07, 6.45) is 4.68. The van der Waals surface area contributed by atoms with Crippen molar-refractivity contribution < 1.29 is 58.5 Å². The number of carbonyl (C=O) groups excluding carboxylic acids is 6. The van der Waals surface area contributed by atoms with Crippen molar-refractivity contribution in [2.24, 2.45) is 34.8 Å². The number of aliphatic carboxylic acids is 3. The number of unbranched alkanes of at least 4 members (excludes halogenated alkanes) is 1. The number of primary amides is 4. The van der Waals surface area contributed by atoms with Gasteiger partial charge in [-0.3, -0.25) is 53.4 Å². The fourth-order valence-corrected chi connectivity index (χ4v) is 10.5. The molecule has 0 bridgehead atoms. The molecule has 1 saturated heterocycles. The molecule has 442 valence electrons. The first-order chi connectivity index (χ1) is 38.6. The number of nitrogens with two attached hydrogens (primary N) is 4. The Hall–Kier alpha value is -7.59. The summed E-state index contributed by atoms with van der Waals surface area (Å²) in [5, 5.41) is 41.5. The van der Waals surface area contributed by atoms with Gasteiger partial charge >= 0.3 is 23.9 Å². The quantitative estimate of drug-likeness (QED) is 0.0328. The Morgan fingerprint density at radius 2 is 1.25 bits per heavy atom. The predicted octanol–water partition coefficient (Wildman–Crippen LogP) is -0.329. The van der Waals surface area contributed by atoms with E-state index in [2.05, 4.69) is 26.3 Å². The molecule has 3 aromatic rings. The van der Waals surface area contributed by atoms with Crippen LogP contribution in [0.15, 0.2) is 60.8 Å². The van der Waals surface area contributed by atoms with Gasteiger partial charge in [0.2, 0.25) is 29.5 Å². The van der Waals surface area contributed by atoms with Gasteiger partial charge in [-0.2, -0.15) is 0 Å². The minimum Gasteiger partial charge on any atom is -0.481 e. The van der Waals surface area contributed by atoms with Crippen LogP contribution in [0.25, 0.3) is 10.8 Å². The lowest BCUT2D eigenvalue weighted by Crippen LogP contribution is -2.54. The second-order valence-electron chi connectivity index (χ2n) is 20.8. The van der Waals surface area contributed by atoms with Gasteiger partial charge in [0.25, 0.3) is 0 Å². The Balaban J connectivity index is 1.17. The van der Waals surface area contributed by atoms with E-state index in [9.17, 15) is 53.4 Å². The summed E-state index contributed by atoms with van der Waals surface area (Å²) in [6, 6.07) is 13.0. The van der Waals surface area contributed by atoms with Crippen molar-refractivity contribution in [3.05, 3.63) is 72.1 Å². The van der Waals surface area contributed by atoms with E-state index in [0.29, 0.717) is 95.3 Å². The smallest absolute Gasteiger partial charge is 0.326 e. The summed E-state index contributed by atoms with van der Waals surface area (Å²) in [5.41, 5.74) is 25.0. The zero-order valence-electron chi connectivity index (χ0n) is 45.5. The highest BCUT2D eigenvalue weighted by Crippen LogP contribution is 2.31. The molecule has 2 fully saturated rings. The molecular formula is C54H78N14O12S. The number of nitrogens with zero attached hydrogens (tertiary/aromatic N) is 6. The van der Waals surface area contributed by atoms with Crippen LogP contribution in [0.2, 0.25) is 0 Å². The zero-order valence-corrected chi connectivity index (χ0v) is 46.4. The van der Waals surface area contributed by atoms with Gasteiger partial charge in [0, 0.05) is 94.6 Å². The number of hydrogen-bond acceptors (Lipinski definition) is 15. The number of thiocarbonyl (C=S) groups is 1. The summed E-state index contributed by atoms with van der Waals surface area (Å²) in [4.78, 5) is 124. The van der Waals surface area contributed by atoms with Crippen molar-refractivity contribution in [3.63, 3.8) is 0 Å². The number of nitrogens with one attached hydrogen (secondary N) is 4. The molecule has 0 spiro atoms. The van der Waals surface area contributed by atoms with Crippen LogP contribution in [0.5, 0.6) is 0 Å². The van der Waals surface area contributed by atoms with Gasteiger partial charge in [-0.1, -0.05) is 36.4 Å². The van der Waals surface area contributed by atoms with Gasteiger partial charge in [0.15, 0.2) is 5.11 Å². The van der Waals surface area contributed by atoms with E-state index >= 15 is 0 Å². The molecule has 1 saturated carbocycles. The molecule has 1 aliphatic heterocycles. The van der Waals surface area contributed by atoms with Gasteiger partial charge < -0.3 is 64.4 Å². The van der Waals surface area contributed by atoms with E-state index in [-0.39, 0.29) is 69.5 Å². The molecule has 2 aromatic carbocycles. The Labute approximate surface area is 475 Å². The third-order valence-electron chi connectivity index (χ3n) is 14.5. The molecule has 1 aliphatic carbocycles. The molecule has 27 heteroatoms. The number of hydrogen-bond donors (Lipinski definition) is 11. The maximum atomic E-state index is 14.4. The number of rotatable bonds is 28. The largest absolute Gasteiger partial charge is 0.481 e. The number of aromatic nitrogens is 1. The van der Waals surface area contributed by atoms with Crippen LogP contribution in [-0.4, -0.2) is 207 Å². The number of carbonyl (C=O) groups is 9. The number of fused-ring (bicyclic) bond motifs is 1. The van der Waals surface area contributed by atoms with Crippen LogP contribution in [0.3, 0.4) is 0 Å². The van der Waals surface area contributed by atoms with E-state index in [4.69, 9.17) is 40.3 Å². The van der Waals surface area contributed by atoms with Crippen LogP contribution < -0.4 is 44.2 Å². The Morgan fingerprint density at radius 1 is 0.679 bits per heavy atom. The molecule has 2 heterocycles. The summed E-state index contributed by atoms with van der Waals surface area (Å²) in [7, 11) is 0. The standard InChI is InChI=1S/C54H78N14O12S/c55-45(69)31-64-21-22-65(32-46(56)70)25-26-67(34-48(58)72)40(29-66(24-23-64)33-47(57)71)27-35-10-14-39(15-11-35)61-54(81)60-28-36-8-12-38(13-9-36)50(75)68(30-44-41-6-2-1-5-37(41)18-19-59-44)20-4-3-7-42(51(76)77)62-53(80)63-43(52(78)79)16-17-49(73)74/h1-2,5-6,10-11,14-15,18-19,36,38,40,42-43H,3-4,7-9,12-13,16-17,20-34H2,(H2,55,69)(H2,56,70)(H2,57,71)(H2,58,72)(H,73,74)(H,76,77)(H,78,79)(H2,60,61,81)(H2,62,63,80)/t36?,38?,40?,42-,43-/m0/s1. The third kappa shape index (κ3) is 22.8. The van der Waals surface area contributed by atoms with Gasteiger partial charge in [-0.15, -0.1) is 0 Å². The van der Waals surface area contributed by atoms with Crippen molar-refractivity contribution in [3.8, 4) is 0 Å². The summed E-state index contributed by atoms with van der Waals surface area (Å²) in [5.74, 6) is -6.26. The highest BCUT2D eigenvalue weighted by Gasteiger charge is 2.32. The first-order valence-electron chi connectivity index (χ1n) is 27.2. The lowest BCUT2D eigenvalue weighted by atomic mass is 9.81. The number of amides is 7. The molecule has 1 aromatic heterocycles. The second kappa shape index (κ2) is 32.6. The molecule has 5 rings (SSSR count). The predicted molar refractivity (Wildman–Crippen MR) is 304 cm³/mol. The highest BCUT2D eigenvalue weighted by atomic mass is 32.1. The lowest BCUT2D eigenvalue weighted by Gasteiger charge is -2.38. The second-order valence-corrected chi connectivity index (χ2v) is 21.2. The molecular weight excluding hydrogens is 1070 g/mol. The molecule has 81 heavy (non-hydrogen) atoms. The summed E-state index contributed by atoms with van der Waals surface area (Å²) < 4.78 is 0. The molecule has 1 unspecified atom stereocenters. The van der Waals surface area contributed by atoms with Crippen LogP contribution in [0.4, 0.5) is 10.5 Å². The van der Waals surface area contributed by atoms with Crippen LogP contribution >= 0.6 is 12.2 Å². The summed E-state index contributed by atoms with van der Waals surface area (Å²) in [6.45, 7) is 3.41. The third-order valence-corrected chi connectivity index (χ3v) is 14.8. The van der Waals surface area contributed by atoms with E-state index < -0.39 is 72.5 Å². The van der Waals surface area contributed by atoms with Gasteiger partial charge in [-0.05, 0) is 105 Å². The molecule has 0 radical (unpaired) electrons. The van der Waals surface area contributed by atoms with E-state index in [1.54, 1.807) is 11.1 Å². The highest BCUT2D eigenvalue weighted by molar-refractivity contribution is 7.80. The van der Waals surface area contributed by atoms with Gasteiger partial charge in [0.1, 0.15) is 12.1 Å². The summed E-state index contributed by atoms with van der Waals surface area (Å²) >= 11 is 5.71. The van der Waals surface area contributed by atoms with Crippen LogP contribution in [0, 0.1) is 11.8 Å². The normalized spacial score (nSPS) is 18.6. The first kappa shape index (κ1) is 64.2.